The second-order valence-corrected chi connectivity index (χ2v) is 6.18. The summed E-state index contributed by atoms with van der Waals surface area (Å²) in [6.07, 6.45) is 1.25. The van der Waals surface area contributed by atoms with Crippen LogP contribution in [0.15, 0.2) is 109 Å². The highest BCUT2D eigenvalue weighted by Gasteiger charge is 1.75. The standard InChI is InChI=1S/3C6H6.C3H6O2.C3H6O.C3H8.C2H6O.3C2H6/c3*1-2-4-6-5-3-1;1-3(4)5-2;1-3(2)4;2*1-3-2;3*1-2/h3*1-6H;1-2H3;1-2H3;3H2,1-2H3;1-2H3;3*1-2H3. The molecule has 0 amide bonds. The molecule has 4 heteroatoms. The minimum absolute atomic E-state index is 0.167. The average molecular weight is 547 g/mol. The van der Waals surface area contributed by atoms with Gasteiger partial charge in [-0.15, -0.1) is 0 Å². The van der Waals surface area contributed by atoms with Crippen LogP contribution in [0, 0.1) is 0 Å². The third kappa shape index (κ3) is 133. The summed E-state index contributed by atoms with van der Waals surface area (Å²) in [4.78, 5) is 19.0. The number of ether oxygens (including phenoxy) is 2. The Morgan fingerprint density at radius 3 is 0.513 bits per heavy atom. The number of ketones is 1. The number of rotatable bonds is 0. The molecule has 0 N–H and O–H groups in total. The van der Waals surface area contributed by atoms with E-state index < -0.39 is 0 Å². The highest BCUT2D eigenvalue weighted by Crippen LogP contribution is 1.81. The molecule has 0 atom stereocenters. The molecular weight excluding hydrogens is 484 g/mol. The summed E-state index contributed by atoms with van der Waals surface area (Å²) >= 11 is 0. The van der Waals surface area contributed by atoms with E-state index in [0.29, 0.717) is 0 Å². The van der Waals surface area contributed by atoms with Gasteiger partial charge in [0, 0.05) is 21.1 Å². The van der Waals surface area contributed by atoms with E-state index in [1.165, 1.54) is 34.3 Å². The van der Waals surface area contributed by atoms with Crippen molar-refractivity contribution < 1.29 is 19.1 Å². The molecule has 0 bridgehead atoms. The van der Waals surface area contributed by atoms with E-state index in [1.807, 2.05) is 151 Å². The van der Waals surface area contributed by atoms with Gasteiger partial charge in [-0.25, -0.2) is 0 Å². The molecule has 4 nitrogen and oxygen atoms in total. The van der Waals surface area contributed by atoms with E-state index in [1.54, 1.807) is 14.2 Å². The number of carbonyl (C=O) groups excluding carboxylic acids is 2. The molecule has 3 aromatic rings. The monoisotopic (exact) mass is 546 g/mol. The molecule has 0 saturated carbocycles. The molecule has 0 aliphatic rings. The topological polar surface area (TPSA) is 52.6 Å². The van der Waals surface area contributed by atoms with Crippen LogP contribution in [0.4, 0.5) is 0 Å². The fourth-order valence-corrected chi connectivity index (χ4v) is 1.15. The van der Waals surface area contributed by atoms with Crippen LogP contribution >= 0.6 is 0 Å². The van der Waals surface area contributed by atoms with E-state index in [4.69, 9.17) is 0 Å². The van der Waals surface area contributed by atoms with Crippen LogP contribution in [0.3, 0.4) is 0 Å². The first-order chi connectivity index (χ1) is 18.8. The van der Waals surface area contributed by atoms with E-state index in [9.17, 15) is 9.59 Å². The molecule has 0 fully saturated rings. The maximum atomic E-state index is 9.59. The van der Waals surface area contributed by atoms with Gasteiger partial charge in [-0.05, 0) is 13.8 Å². The van der Waals surface area contributed by atoms with Crippen LogP contribution < -0.4 is 0 Å². The molecule has 0 aliphatic heterocycles. The van der Waals surface area contributed by atoms with Crippen molar-refractivity contribution in [2.75, 3.05) is 21.3 Å². The molecule has 226 valence electrons. The number of methoxy groups -OCH3 is 2. The van der Waals surface area contributed by atoms with Gasteiger partial charge in [0.15, 0.2) is 0 Å². The Labute approximate surface area is 243 Å². The van der Waals surface area contributed by atoms with Gasteiger partial charge in [0.2, 0.25) is 0 Å². The van der Waals surface area contributed by atoms with Crippen molar-refractivity contribution in [3.8, 4) is 0 Å². The Morgan fingerprint density at radius 2 is 0.487 bits per heavy atom. The lowest BCUT2D eigenvalue weighted by Gasteiger charge is -1.80. The molecule has 0 aromatic heterocycles. The largest absolute Gasteiger partial charge is 0.469 e. The SMILES string of the molecule is CC.CC.CC.CC(C)=O.CCC.COC.COC(C)=O.c1ccccc1.c1ccccc1.c1ccccc1. The van der Waals surface area contributed by atoms with Gasteiger partial charge < -0.3 is 14.3 Å². The number of esters is 1. The number of carbonyl (C=O) groups is 2. The summed E-state index contributed by atoms with van der Waals surface area (Å²) in [5.74, 6) is -0.0787. The summed E-state index contributed by atoms with van der Waals surface area (Å²) < 4.78 is 8.36. The predicted molar refractivity (Wildman–Crippen MR) is 176 cm³/mol. The molecular formula is C35H62O4. The minimum atomic E-state index is -0.245. The highest BCUT2D eigenvalue weighted by molar-refractivity contribution is 5.72. The van der Waals surface area contributed by atoms with Crippen molar-refractivity contribution in [3.05, 3.63) is 109 Å². The summed E-state index contributed by atoms with van der Waals surface area (Å²) in [6.45, 7) is 20.7. The molecule has 39 heavy (non-hydrogen) atoms. The molecule has 0 aliphatic carbocycles. The zero-order valence-electron chi connectivity index (χ0n) is 27.7. The van der Waals surface area contributed by atoms with Gasteiger partial charge in [-0.1, -0.05) is 171 Å². The first-order valence-electron chi connectivity index (χ1n) is 13.8. The van der Waals surface area contributed by atoms with E-state index in [0.717, 1.165) is 0 Å². The molecule has 3 aromatic carbocycles. The lowest BCUT2D eigenvalue weighted by molar-refractivity contribution is -0.137. The summed E-state index contributed by atoms with van der Waals surface area (Å²) in [7, 11) is 4.60. The van der Waals surface area contributed by atoms with Crippen molar-refractivity contribution >= 4 is 11.8 Å². The number of hydrogen-bond donors (Lipinski definition) is 0. The van der Waals surface area contributed by atoms with Gasteiger partial charge >= 0.3 is 5.97 Å². The summed E-state index contributed by atoms with van der Waals surface area (Å²) in [6, 6.07) is 36.0. The Kier molecular flexibility index (Phi) is 94.0. The third-order valence-electron chi connectivity index (χ3n) is 2.29. The second-order valence-electron chi connectivity index (χ2n) is 6.18. The third-order valence-corrected chi connectivity index (χ3v) is 2.29. The van der Waals surface area contributed by atoms with E-state index in [-0.39, 0.29) is 11.8 Å². The first kappa shape index (κ1) is 52.2. The van der Waals surface area contributed by atoms with Crippen LogP contribution in [-0.4, -0.2) is 33.1 Å². The smallest absolute Gasteiger partial charge is 0.302 e. The van der Waals surface area contributed by atoms with Crippen LogP contribution in [0.5, 0.6) is 0 Å². The lowest BCUT2D eigenvalue weighted by atomic mass is 10.4. The van der Waals surface area contributed by atoms with Crippen LogP contribution in [0.2, 0.25) is 0 Å². The normalized spacial score (nSPS) is 6.62. The van der Waals surface area contributed by atoms with Gasteiger partial charge in [-0.3, -0.25) is 4.79 Å². The van der Waals surface area contributed by atoms with Crippen LogP contribution in [-0.2, 0) is 19.1 Å². The van der Waals surface area contributed by atoms with Crippen LogP contribution in [0.25, 0.3) is 0 Å². The van der Waals surface area contributed by atoms with Gasteiger partial charge in [0.1, 0.15) is 5.78 Å². The van der Waals surface area contributed by atoms with Crippen molar-refractivity contribution in [2.45, 2.75) is 82.6 Å². The van der Waals surface area contributed by atoms with Crippen molar-refractivity contribution in [1.29, 1.82) is 0 Å². The Bertz CT molecular complexity index is 512. The molecule has 0 saturated heterocycles. The van der Waals surface area contributed by atoms with Gasteiger partial charge in [0.05, 0.1) is 7.11 Å². The molecule has 0 heterocycles. The van der Waals surface area contributed by atoms with Crippen molar-refractivity contribution in [3.63, 3.8) is 0 Å². The van der Waals surface area contributed by atoms with E-state index >= 15 is 0 Å². The minimum Gasteiger partial charge on any atom is -0.469 e. The number of Topliss-reactive ketones (excluding diaryl/α,β-unsaturated/α-hetero) is 1. The lowest BCUT2D eigenvalue weighted by Crippen LogP contribution is -1.88. The fourth-order valence-electron chi connectivity index (χ4n) is 1.15. The fraction of sp³-hybridized carbons (Fsp3) is 0.429. The maximum absolute atomic E-state index is 9.59. The average Bonchev–Trinajstić information content (AvgIpc) is 3.00. The first-order valence-corrected chi connectivity index (χ1v) is 13.8. The predicted octanol–water partition coefficient (Wildman–Crippen LogP) is 10.6. The quantitative estimate of drug-likeness (QED) is 0.263. The Morgan fingerprint density at radius 1 is 0.436 bits per heavy atom. The van der Waals surface area contributed by atoms with Crippen molar-refractivity contribution in [1.82, 2.24) is 0 Å². The summed E-state index contributed by atoms with van der Waals surface area (Å²) in [5.41, 5.74) is 0. The Balaban J connectivity index is -0.0000000602. The molecule has 3 rings (SSSR count). The molecule has 0 spiro atoms. The van der Waals surface area contributed by atoms with Crippen LogP contribution in [0.1, 0.15) is 82.6 Å². The highest BCUT2D eigenvalue weighted by atomic mass is 16.5. The maximum Gasteiger partial charge on any atom is 0.302 e. The second kappa shape index (κ2) is 70.2. The zero-order chi connectivity index (χ0) is 32.0. The van der Waals surface area contributed by atoms with Crippen molar-refractivity contribution in [2.24, 2.45) is 0 Å². The van der Waals surface area contributed by atoms with Gasteiger partial charge in [-0.2, -0.15) is 0 Å². The number of hydrogen-bond acceptors (Lipinski definition) is 4. The summed E-state index contributed by atoms with van der Waals surface area (Å²) in [5, 5.41) is 0. The molecule has 0 unspecified atom stereocenters. The Hall–Kier alpha value is -3.24. The molecule has 0 radical (unpaired) electrons. The van der Waals surface area contributed by atoms with E-state index in [2.05, 4.69) is 23.3 Å². The zero-order valence-corrected chi connectivity index (χ0v) is 27.7. The van der Waals surface area contributed by atoms with Gasteiger partial charge in [0.25, 0.3) is 0 Å². The number of benzene rings is 3.